The number of aliphatic hydroxyl groups is 1. The molecule has 2 nitrogen and oxygen atoms in total. The summed E-state index contributed by atoms with van der Waals surface area (Å²) in [5.41, 5.74) is 0.915. The summed E-state index contributed by atoms with van der Waals surface area (Å²) >= 11 is 0. The molecule has 0 amide bonds. The Balaban J connectivity index is 1.95. The summed E-state index contributed by atoms with van der Waals surface area (Å²) in [5, 5.41) is 13.7. The van der Waals surface area contributed by atoms with Crippen LogP contribution in [0.3, 0.4) is 0 Å². The lowest BCUT2D eigenvalue weighted by Gasteiger charge is -2.27. The molecule has 0 aliphatic heterocycles. The molecule has 0 atom stereocenters. The number of anilines is 1. The number of aryl methyl sites for hydroxylation is 1. The lowest BCUT2D eigenvalue weighted by atomic mass is 9.94. The number of halogens is 1. The fourth-order valence-corrected chi connectivity index (χ4v) is 2.58. The first-order valence-electron chi connectivity index (χ1n) is 6.81. The van der Waals surface area contributed by atoms with Gasteiger partial charge >= 0.3 is 0 Å². The summed E-state index contributed by atoms with van der Waals surface area (Å²) in [5.74, 6) is -0.186. The van der Waals surface area contributed by atoms with Gasteiger partial charge in [0, 0.05) is 12.2 Å². The van der Waals surface area contributed by atoms with Gasteiger partial charge in [0.2, 0.25) is 0 Å². The summed E-state index contributed by atoms with van der Waals surface area (Å²) in [4.78, 5) is 0. The highest BCUT2D eigenvalue weighted by atomic mass is 19.1. The largest absolute Gasteiger partial charge is 0.388 e. The van der Waals surface area contributed by atoms with Gasteiger partial charge in [-0.3, -0.25) is 0 Å². The van der Waals surface area contributed by atoms with Gasteiger partial charge in [-0.25, -0.2) is 4.39 Å². The second kappa shape index (κ2) is 5.70. The first-order chi connectivity index (χ1) is 8.59. The molecule has 100 valence electrons. The molecule has 0 aromatic heterocycles. The monoisotopic (exact) mass is 251 g/mol. The van der Waals surface area contributed by atoms with Crippen molar-refractivity contribution >= 4 is 5.69 Å². The minimum Gasteiger partial charge on any atom is -0.388 e. The second-order valence-corrected chi connectivity index (χ2v) is 5.46. The van der Waals surface area contributed by atoms with Crippen LogP contribution in [0, 0.1) is 12.7 Å². The Morgan fingerprint density at radius 2 is 1.89 bits per heavy atom. The number of hydrogen-bond acceptors (Lipinski definition) is 2. The first kappa shape index (κ1) is 13.3. The molecule has 0 radical (unpaired) electrons. The van der Waals surface area contributed by atoms with E-state index in [1.165, 1.54) is 18.9 Å². The maximum absolute atomic E-state index is 13.1. The Bertz CT molecular complexity index is 397. The molecular weight excluding hydrogens is 229 g/mol. The van der Waals surface area contributed by atoms with Gasteiger partial charge in [-0.05, 0) is 43.5 Å². The zero-order valence-corrected chi connectivity index (χ0v) is 11.0. The molecule has 0 bridgehead atoms. The molecule has 1 saturated carbocycles. The van der Waals surface area contributed by atoms with Crippen LogP contribution in [0.5, 0.6) is 0 Å². The predicted molar refractivity (Wildman–Crippen MR) is 72.3 cm³/mol. The minimum atomic E-state index is -0.598. The van der Waals surface area contributed by atoms with E-state index in [1.807, 2.05) is 0 Å². The number of benzene rings is 1. The summed E-state index contributed by atoms with van der Waals surface area (Å²) < 4.78 is 13.1. The Kier molecular flexibility index (Phi) is 4.23. The van der Waals surface area contributed by atoms with Gasteiger partial charge in [0.05, 0.1) is 5.60 Å². The van der Waals surface area contributed by atoms with E-state index in [9.17, 15) is 9.50 Å². The van der Waals surface area contributed by atoms with Crippen molar-refractivity contribution in [2.75, 3.05) is 11.9 Å². The van der Waals surface area contributed by atoms with Crippen molar-refractivity contribution in [1.29, 1.82) is 0 Å². The van der Waals surface area contributed by atoms with E-state index in [4.69, 9.17) is 0 Å². The molecule has 3 heteroatoms. The fraction of sp³-hybridized carbons (Fsp3) is 0.600. The number of nitrogens with one attached hydrogen (secondary N) is 1. The van der Waals surface area contributed by atoms with Gasteiger partial charge in [-0.1, -0.05) is 25.7 Å². The average molecular weight is 251 g/mol. The minimum absolute atomic E-state index is 0.186. The molecule has 2 rings (SSSR count). The van der Waals surface area contributed by atoms with E-state index in [-0.39, 0.29) is 5.82 Å². The maximum atomic E-state index is 13.1. The summed E-state index contributed by atoms with van der Waals surface area (Å²) in [6.07, 6.45) is 6.36. The molecule has 18 heavy (non-hydrogen) atoms. The normalized spacial score (nSPS) is 19.3. The molecule has 0 spiro atoms. The fourth-order valence-electron chi connectivity index (χ4n) is 2.58. The molecule has 0 unspecified atom stereocenters. The van der Waals surface area contributed by atoms with Crippen LogP contribution in [0.4, 0.5) is 10.1 Å². The molecule has 2 N–H and O–H groups in total. The van der Waals surface area contributed by atoms with E-state index in [2.05, 4.69) is 5.32 Å². The van der Waals surface area contributed by atoms with Crippen molar-refractivity contribution in [2.45, 2.75) is 51.0 Å². The van der Waals surface area contributed by atoms with Crippen molar-refractivity contribution in [1.82, 2.24) is 0 Å². The third-order valence-corrected chi connectivity index (χ3v) is 3.81. The SMILES string of the molecule is Cc1cc(NCC2(O)CCCCCC2)ccc1F. The van der Waals surface area contributed by atoms with Crippen LogP contribution in [-0.2, 0) is 0 Å². The summed E-state index contributed by atoms with van der Waals surface area (Å²) in [6, 6.07) is 4.98. The molecule has 0 saturated heterocycles. The van der Waals surface area contributed by atoms with Crippen LogP contribution in [0.1, 0.15) is 44.1 Å². The third-order valence-electron chi connectivity index (χ3n) is 3.81. The van der Waals surface area contributed by atoms with E-state index in [0.29, 0.717) is 12.1 Å². The highest BCUT2D eigenvalue weighted by Crippen LogP contribution is 2.27. The number of hydrogen-bond donors (Lipinski definition) is 2. The van der Waals surface area contributed by atoms with Crippen LogP contribution in [-0.4, -0.2) is 17.3 Å². The lowest BCUT2D eigenvalue weighted by Crippen LogP contribution is -2.36. The molecule has 1 aliphatic carbocycles. The summed E-state index contributed by atoms with van der Waals surface area (Å²) in [7, 11) is 0. The maximum Gasteiger partial charge on any atom is 0.126 e. The van der Waals surface area contributed by atoms with Gasteiger partial charge in [-0.15, -0.1) is 0 Å². The Labute approximate surface area is 108 Å². The molecule has 0 heterocycles. The van der Waals surface area contributed by atoms with Crippen LogP contribution >= 0.6 is 0 Å². The zero-order chi connectivity index (χ0) is 13.0. The van der Waals surface area contributed by atoms with Gasteiger partial charge in [-0.2, -0.15) is 0 Å². The van der Waals surface area contributed by atoms with Crippen LogP contribution < -0.4 is 5.32 Å². The Morgan fingerprint density at radius 3 is 2.50 bits per heavy atom. The Morgan fingerprint density at radius 1 is 1.22 bits per heavy atom. The molecule has 1 fully saturated rings. The van der Waals surface area contributed by atoms with Gasteiger partial charge < -0.3 is 10.4 Å². The second-order valence-electron chi connectivity index (χ2n) is 5.46. The number of rotatable bonds is 3. The first-order valence-corrected chi connectivity index (χ1v) is 6.81. The van der Waals surface area contributed by atoms with E-state index >= 15 is 0 Å². The predicted octanol–water partition coefficient (Wildman–Crippen LogP) is 3.63. The molecule has 1 aliphatic rings. The standard InChI is InChI=1S/C15H22FNO/c1-12-10-13(6-7-14(12)16)17-11-15(18)8-4-2-3-5-9-15/h6-7,10,17-18H,2-5,8-9,11H2,1H3. The van der Waals surface area contributed by atoms with Crippen LogP contribution in [0.15, 0.2) is 18.2 Å². The van der Waals surface area contributed by atoms with Crippen LogP contribution in [0.2, 0.25) is 0 Å². The van der Waals surface area contributed by atoms with Crippen molar-refractivity contribution in [3.63, 3.8) is 0 Å². The van der Waals surface area contributed by atoms with E-state index in [1.54, 1.807) is 19.1 Å². The molecule has 1 aromatic carbocycles. The highest BCUT2D eigenvalue weighted by Gasteiger charge is 2.27. The van der Waals surface area contributed by atoms with Gasteiger partial charge in [0.25, 0.3) is 0 Å². The third kappa shape index (κ3) is 3.45. The molecule has 1 aromatic rings. The topological polar surface area (TPSA) is 32.3 Å². The zero-order valence-electron chi connectivity index (χ0n) is 11.0. The Hall–Kier alpha value is -1.09. The van der Waals surface area contributed by atoms with E-state index in [0.717, 1.165) is 31.4 Å². The van der Waals surface area contributed by atoms with Crippen LogP contribution in [0.25, 0.3) is 0 Å². The van der Waals surface area contributed by atoms with Crippen molar-refractivity contribution in [3.05, 3.63) is 29.6 Å². The lowest BCUT2D eigenvalue weighted by molar-refractivity contribution is 0.0381. The smallest absolute Gasteiger partial charge is 0.126 e. The average Bonchev–Trinajstić information content (AvgIpc) is 2.56. The summed E-state index contributed by atoms with van der Waals surface area (Å²) in [6.45, 7) is 2.30. The van der Waals surface area contributed by atoms with Crippen molar-refractivity contribution in [3.8, 4) is 0 Å². The van der Waals surface area contributed by atoms with Crippen molar-refractivity contribution < 1.29 is 9.50 Å². The van der Waals surface area contributed by atoms with E-state index < -0.39 is 5.60 Å². The highest BCUT2D eigenvalue weighted by molar-refractivity contribution is 5.46. The van der Waals surface area contributed by atoms with Crippen molar-refractivity contribution in [2.24, 2.45) is 0 Å². The quantitative estimate of drug-likeness (QED) is 0.804. The van der Waals surface area contributed by atoms with Gasteiger partial charge in [0.15, 0.2) is 0 Å². The van der Waals surface area contributed by atoms with Gasteiger partial charge in [0.1, 0.15) is 5.82 Å². The molecular formula is C15H22FNO.